The van der Waals surface area contributed by atoms with Crippen molar-refractivity contribution in [2.75, 3.05) is 27.9 Å². The topological polar surface area (TPSA) is 174 Å². The molecule has 0 aliphatic carbocycles. The lowest BCUT2D eigenvalue weighted by molar-refractivity contribution is 0.0592. The zero-order chi connectivity index (χ0) is 44.5. The number of carbonyl (C=O) groups excluding carboxylic acids is 4. The average Bonchev–Trinajstić information content (AvgIpc) is 4.20. The van der Waals surface area contributed by atoms with Gasteiger partial charge >= 0.3 is 17.9 Å². The lowest BCUT2D eigenvalue weighted by Gasteiger charge is -2.08. The highest BCUT2D eigenvalue weighted by Crippen LogP contribution is 2.39. The molecule has 0 fully saturated rings. The maximum atomic E-state index is 12.5. The third-order valence-corrected chi connectivity index (χ3v) is 11.2. The van der Waals surface area contributed by atoms with E-state index in [0.29, 0.717) is 50.5 Å². The number of esters is 3. The number of ketones is 1. The van der Waals surface area contributed by atoms with E-state index in [-0.39, 0.29) is 0 Å². The fraction of sp³-hybridized carbons (Fsp3) is 0.0769. The number of benzene rings is 4. The fourth-order valence-corrected chi connectivity index (χ4v) is 8.01. The van der Waals surface area contributed by atoms with Gasteiger partial charge in [-0.15, -0.1) is 0 Å². The number of aromatic amines is 2. The van der Waals surface area contributed by atoms with Gasteiger partial charge in [0.25, 0.3) is 0 Å². The zero-order valence-electron chi connectivity index (χ0n) is 34.8. The molecular formula is C52H38N4O8. The number of aliphatic hydroxyl groups is 1. The van der Waals surface area contributed by atoms with Gasteiger partial charge in [0.05, 0.1) is 60.8 Å². The summed E-state index contributed by atoms with van der Waals surface area (Å²) in [5, 5.41) is 9.57. The largest absolute Gasteiger partial charge is 0.465 e. The Morgan fingerprint density at radius 1 is 0.406 bits per heavy atom. The number of nitrogens with zero attached hydrogens (tertiary/aromatic N) is 2. The first-order chi connectivity index (χ1) is 31.2. The van der Waals surface area contributed by atoms with Gasteiger partial charge in [0, 0.05) is 49.9 Å². The summed E-state index contributed by atoms with van der Waals surface area (Å²) in [7, 11) is 4.02. The van der Waals surface area contributed by atoms with E-state index >= 15 is 0 Å². The Morgan fingerprint density at radius 3 is 0.891 bits per heavy atom. The van der Waals surface area contributed by atoms with Gasteiger partial charge in [-0.1, -0.05) is 60.7 Å². The van der Waals surface area contributed by atoms with E-state index in [1.165, 1.54) is 21.3 Å². The predicted molar refractivity (Wildman–Crippen MR) is 246 cm³/mol. The molecule has 314 valence electrons. The number of carbonyl (C=O) groups is 4. The van der Waals surface area contributed by atoms with Crippen LogP contribution in [0.25, 0.3) is 90.9 Å². The molecule has 0 atom stereocenters. The zero-order valence-corrected chi connectivity index (χ0v) is 34.8. The number of rotatable bonds is 9. The maximum absolute atomic E-state index is 12.5. The van der Waals surface area contributed by atoms with Crippen LogP contribution < -0.4 is 0 Å². The van der Waals surface area contributed by atoms with E-state index in [9.17, 15) is 24.3 Å². The highest BCUT2D eigenvalue weighted by molar-refractivity contribution is 6.02. The number of ether oxygens (including phenoxy) is 3. The van der Waals surface area contributed by atoms with Crippen molar-refractivity contribution >= 4 is 70.1 Å². The first-order valence-corrected chi connectivity index (χ1v) is 20.1. The van der Waals surface area contributed by atoms with Crippen LogP contribution in [0.2, 0.25) is 0 Å². The van der Waals surface area contributed by atoms with Crippen molar-refractivity contribution in [3.8, 4) is 44.5 Å². The van der Waals surface area contributed by atoms with Crippen LogP contribution in [0.15, 0.2) is 121 Å². The molecule has 0 saturated heterocycles. The molecule has 0 saturated carbocycles. The number of aromatic nitrogens is 4. The third kappa shape index (κ3) is 7.58. The minimum absolute atomic E-state index is 0.372. The summed E-state index contributed by atoms with van der Waals surface area (Å²) in [4.78, 5) is 67.8. The Morgan fingerprint density at radius 2 is 0.656 bits per heavy atom. The highest BCUT2D eigenvalue weighted by Gasteiger charge is 2.20. The van der Waals surface area contributed by atoms with Gasteiger partial charge in [0.15, 0.2) is 5.78 Å². The third-order valence-electron chi connectivity index (χ3n) is 11.2. The number of aliphatic hydroxyl groups excluding tert-OH is 1. The summed E-state index contributed by atoms with van der Waals surface area (Å²) in [6.07, 6.45) is 7.75. The van der Waals surface area contributed by atoms with Crippen LogP contribution in [0, 0.1) is 0 Å². The number of H-pyrrole nitrogens is 2. The van der Waals surface area contributed by atoms with Gasteiger partial charge in [-0.2, -0.15) is 0 Å². The Kier molecular flexibility index (Phi) is 10.9. The van der Waals surface area contributed by atoms with Crippen LogP contribution in [0.4, 0.5) is 0 Å². The summed E-state index contributed by atoms with van der Waals surface area (Å²) in [5.41, 5.74) is 13.1. The second-order valence-electron chi connectivity index (χ2n) is 14.9. The summed E-state index contributed by atoms with van der Waals surface area (Å²) in [6.45, 7) is -0.610. The first kappa shape index (κ1) is 40.9. The molecular weight excluding hydrogens is 809 g/mol. The molecule has 8 bridgehead atoms. The minimum atomic E-state index is -0.610. The molecule has 0 radical (unpaired) electrons. The number of nitrogens with one attached hydrogen (secondary N) is 2. The van der Waals surface area contributed by atoms with Crippen molar-refractivity contribution in [2.45, 2.75) is 0 Å². The Labute approximate surface area is 366 Å². The molecule has 9 rings (SSSR count). The summed E-state index contributed by atoms with van der Waals surface area (Å²) >= 11 is 0. The second-order valence-corrected chi connectivity index (χ2v) is 14.9. The van der Waals surface area contributed by atoms with Crippen LogP contribution in [0.5, 0.6) is 0 Å². The summed E-state index contributed by atoms with van der Waals surface area (Å²) in [6, 6.07) is 36.3. The quantitative estimate of drug-likeness (QED) is 0.0721. The van der Waals surface area contributed by atoms with E-state index in [1.807, 2.05) is 97.1 Å². The molecule has 0 amide bonds. The molecule has 0 spiro atoms. The van der Waals surface area contributed by atoms with Crippen molar-refractivity contribution in [1.29, 1.82) is 0 Å². The molecule has 5 heterocycles. The molecule has 0 unspecified atom stereocenters. The molecule has 4 aromatic carbocycles. The summed E-state index contributed by atoms with van der Waals surface area (Å²) in [5.74, 6) is -1.77. The number of fused-ring (bicyclic) bond motifs is 8. The fourth-order valence-electron chi connectivity index (χ4n) is 8.01. The Balaban J connectivity index is 1.40. The van der Waals surface area contributed by atoms with E-state index in [1.54, 1.807) is 48.5 Å². The van der Waals surface area contributed by atoms with Gasteiger partial charge in [-0.3, -0.25) is 4.79 Å². The lowest BCUT2D eigenvalue weighted by atomic mass is 10.0. The van der Waals surface area contributed by atoms with Gasteiger partial charge in [0.1, 0.15) is 6.61 Å². The highest BCUT2D eigenvalue weighted by atomic mass is 16.5. The number of Topliss-reactive ketones (excluding diaryl/α,β-unsaturated/α-hetero) is 1. The monoisotopic (exact) mass is 846 g/mol. The van der Waals surface area contributed by atoms with Crippen LogP contribution in [-0.4, -0.2) is 76.7 Å². The molecule has 3 aromatic heterocycles. The summed E-state index contributed by atoms with van der Waals surface area (Å²) < 4.78 is 14.9. The Hall–Kier alpha value is -8.48. The van der Waals surface area contributed by atoms with Crippen LogP contribution >= 0.6 is 0 Å². The predicted octanol–water partition coefficient (Wildman–Crippen LogP) is 9.86. The smallest absolute Gasteiger partial charge is 0.337 e. The van der Waals surface area contributed by atoms with Crippen LogP contribution in [0.1, 0.15) is 64.2 Å². The standard InChI is InChI=1S/C52H38N4O8/c1-62-50(59)34-14-8-31(9-15-34)47-39-22-20-37(53-39)46(30-6-4-29(5-7-30)45(58)28-57)38-21-23-40(54-38)48(32-10-16-35(17-11-32)51(60)63-2)42-25-27-44(56-42)49(43-26-24-41(47)55-43)33-12-18-36(19-13-33)52(61)64-3/h4-27,53,56-57H,28H2,1-3H3. The number of methoxy groups -OCH3 is 3. The van der Waals surface area contributed by atoms with Crippen molar-refractivity contribution < 1.29 is 38.5 Å². The van der Waals surface area contributed by atoms with Gasteiger partial charge in [-0.25, -0.2) is 24.4 Å². The van der Waals surface area contributed by atoms with E-state index < -0.39 is 30.3 Å². The van der Waals surface area contributed by atoms with Gasteiger partial charge in [0.2, 0.25) is 0 Å². The van der Waals surface area contributed by atoms with Crippen molar-refractivity contribution in [3.05, 3.63) is 166 Å². The van der Waals surface area contributed by atoms with E-state index in [2.05, 4.69) is 9.97 Å². The van der Waals surface area contributed by atoms with Crippen molar-refractivity contribution in [2.24, 2.45) is 0 Å². The second kappa shape index (κ2) is 17.1. The van der Waals surface area contributed by atoms with Crippen molar-refractivity contribution in [3.63, 3.8) is 0 Å². The molecule has 3 N–H and O–H groups in total. The molecule has 2 aliphatic heterocycles. The van der Waals surface area contributed by atoms with Crippen LogP contribution in [-0.2, 0) is 14.2 Å². The SMILES string of the molecule is COC(=O)c1ccc(-c2c3nc(c(-c4ccc(C(=O)OC)cc4)c4ccc([nH]4)c(-c4ccc(C(=O)OC)cc4)c4nc(c(-c5ccc(C(=O)CO)cc5)c5ccc2[nH]5)C=C4)C=C3)cc1. The molecule has 7 aromatic rings. The molecule has 12 nitrogen and oxygen atoms in total. The number of hydrogen-bond donors (Lipinski definition) is 3. The van der Waals surface area contributed by atoms with Crippen LogP contribution in [0.3, 0.4) is 0 Å². The molecule has 12 heteroatoms. The first-order valence-electron chi connectivity index (χ1n) is 20.1. The normalized spacial score (nSPS) is 11.6. The molecule has 64 heavy (non-hydrogen) atoms. The van der Waals surface area contributed by atoms with Gasteiger partial charge < -0.3 is 29.3 Å². The Bertz CT molecular complexity index is 2820. The lowest BCUT2D eigenvalue weighted by Crippen LogP contribution is -2.03. The average molecular weight is 847 g/mol. The van der Waals surface area contributed by atoms with Crippen molar-refractivity contribution in [1.82, 2.24) is 19.9 Å². The maximum Gasteiger partial charge on any atom is 0.337 e. The van der Waals surface area contributed by atoms with Gasteiger partial charge in [-0.05, 0) is 107 Å². The van der Waals surface area contributed by atoms with E-state index in [0.717, 1.165) is 61.1 Å². The molecule has 2 aliphatic rings. The van der Waals surface area contributed by atoms with E-state index in [4.69, 9.17) is 24.2 Å². The number of hydrogen-bond acceptors (Lipinski definition) is 10. The minimum Gasteiger partial charge on any atom is -0.465 e.